The molecule has 0 saturated heterocycles. The molecule has 12 heavy (non-hydrogen) atoms. The van der Waals surface area contributed by atoms with Crippen LogP contribution in [-0.2, 0) is 9.53 Å². The second-order valence-corrected chi connectivity index (χ2v) is 2.22. The van der Waals surface area contributed by atoms with Crippen LogP contribution in [0.25, 0.3) is 4.85 Å². The first-order valence-electron chi connectivity index (χ1n) is 3.99. The van der Waals surface area contributed by atoms with Crippen molar-refractivity contribution in [1.82, 2.24) is 5.32 Å². The molecule has 0 saturated carbocycles. The van der Waals surface area contributed by atoms with Gasteiger partial charge in [0.15, 0.2) is 0 Å². The Labute approximate surface area is 72.7 Å². The molecule has 0 fully saturated rings. The van der Waals surface area contributed by atoms with Crippen LogP contribution >= 0.6 is 0 Å². The van der Waals surface area contributed by atoms with Crippen LogP contribution in [0.3, 0.4) is 0 Å². The highest BCUT2D eigenvalue weighted by Crippen LogP contribution is 1.80. The molecule has 0 aromatic rings. The molecule has 0 heterocycles. The highest BCUT2D eigenvalue weighted by Gasteiger charge is 2.00. The molecule has 0 aliphatic heterocycles. The van der Waals surface area contributed by atoms with E-state index in [1.54, 1.807) is 0 Å². The summed E-state index contributed by atoms with van der Waals surface area (Å²) >= 11 is 0. The van der Waals surface area contributed by atoms with Gasteiger partial charge in [-0.25, -0.2) is 6.57 Å². The van der Waals surface area contributed by atoms with Crippen LogP contribution in [0.5, 0.6) is 0 Å². The topological polar surface area (TPSA) is 42.7 Å². The maximum atomic E-state index is 10.7. The number of nitrogens with zero attached hydrogens (tertiary/aromatic N) is 1. The molecule has 0 spiro atoms. The first-order valence-corrected chi connectivity index (χ1v) is 3.99. The summed E-state index contributed by atoms with van der Waals surface area (Å²) in [4.78, 5) is 13.7. The van der Waals surface area contributed by atoms with Crippen molar-refractivity contribution in [3.63, 3.8) is 0 Å². The first-order chi connectivity index (χ1) is 5.81. The largest absolute Gasteiger partial charge is 0.382 e. The number of amides is 1. The normalized spacial score (nSPS) is 9.00. The van der Waals surface area contributed by atoms with Crippen LogP contribution < -0.4 is 5.32 Å². The van der Waals surface area contributed by atoms with E-state index >= 15 is 0 Å². The summed E-state index contributed by atoms with van der Waals surface area (Å²) in [5.74, 6) is -0.207. The molecule has 0 aromatic heterocycles. The van der Waals surface area contributed by atoms with Gasteiger partial charge in [-0.2, -0.15) is 0 Å². The van der Waals surface area contributed by atoms with Crippen LogP contribution in [0, 0.1) is 6.57 Å². The molecule has 0 atom stereocenters. The molecule has 0 aliphatic carbocycles. The molecule has 0 bridgehead atoms. The van der Waals surface area contributed by atoms with E-state index in [4.69, 9.17) is 11.3 Å². The van der Waals surface area contributed by atoms with E-state index in [9.17, 15) is 4.79 Å². The van der Waals surface area contributed by atoms with Crippen molar-refractivity contribution in [2.24, 2.45) is 0 Å². The SMILES string of the molecule is [C-]#[N+]CC(=O)NCCCOCC. The van der Waals surface area contributed by atoms with Crippen LogP contribution in [0.1, 0.15) is 13.3 Å². The molecule has 0 rings (SSSR count). The third-order valence-electron chi connectivity index (χ3n) is 1.21. The minimum atomic E-state index is -0.207. The van der Waals surface area contributed by atoms with Gasteiger partial charge in [-0.1, -0.05) is 0 Å². The van der Waals surface area contributed by atoms with Crippen molar-refractivity contribution in [3.05, 3.63) is 11.4 Å². The lowest BCUT2D eigenvalue weighted by atomic mass is 10.4. The summed E-state index contributed by atoms with van der Waals surface area (Å²) in [6.45, 7) is 10.2. The lowest BCUT2D eigenvalue weighted by molar-refractivity contribution is -0.119. The number of carbonyl (C=O) groups excluding carboxylic acids is 1. The summed E-state index contributed by atoms with van der Waals surface area (Å²) in [6, 6.07) is 0. The predicted molar refractivity (Wildman–Crippen MR) is 45.6 cm³/mol. The zero-order valence-corrected chi connectivity index (χ0v) is 7.30. The van der Waals surface area contributed by atoms with E-state index in [1.165, 1.54) is 0 Å². The Balaban J connectivity index is 3.10. The van der Waals surface area contributed by atoms with E-state index in [0.717, 1.165) is 6.42 Å². The molecule has 1 amide bonds. The standard InChI is InChI=1S/C8H14N2O2/c1-3-12-6-4-5-10-8(11)7-9-2/h3-7H2,1H3,(H,10,11). The molecule has 4 nitrogen and oxygen atoms in total. The summed E-state index contributed by atoms with van der Waals surface area (Å²) in [5.41, 5.74) is 0. The van der Waals surface area contributed by atoms with Gasteiger partial charge in [0.1, 0.15) is 0 Å². The molecule has 1 N–H and O–H groups in total. The Kier molecular flexibility index (Phi) is 7.30. The van der Waals surface area contributed by atoms with Gasteiger partial charge in [-0.15, -0.1) is 0 Å². The lowest BCUT2D eigenvalue weighted by Crippen LogP contribution is -2.26. The minimum absolute atomic E-state index is 0.0748. The lowest BCUT2D eigenvalue weighted by Gasteiger charge is -2.01. The second kappa shape index (κ2) is 8.02. The van der Waals surface area contributed by atoms with Crippen LogP contribution in [-0.4, -0.2) is 32.2 Å². The van der Waals surface area contributed by atoms with Crippen molar-refractivity contribution in [2.45, 2.75) is 13.3 Å². The smallest absolute Gasteiger partial charge is 0.300 e. The van der Waals surface area contributed by atoms with E-state index in [-0.39, 0.29) is 12.5 Å². The zero-order valence-electron chi connectivity index (χ0n) is 7.30. The minimum Gasteiger partial charge on any atom is -0.382 e. The maximum Gasteiger partial charge on any atom is 0.300 e. The second-order valence-electron chi connectivity index (χ2n) is 2.22. The number of nitrogens with one attached hydrogen (secondary N) is 1. The van der Waals surface area contributed by atoms with Crippen molar-refractivity contribution >= 4 is 5.91 Å². The first kappa shape index (κ1) is 10.9. The van der Waals surface area contributed by atoms with Gasteiger partial charge in [0.2, 0.25) is 0 Å². The fraction of sp³-hybridized carbons (Fsp3) is 0.750. The summed E-state index contributed by atoms with van der Waals surface area (Å²) < 4.78 is 5.06. The fourth-order valence-corrected chi connectivity index (χ4v) is 0.674. The molecule has 68 valence electrons. The Morgan fingerprint density at radius 2 is 2.42 bits per heavy atom. The Hall–Kier alpha value is -1.08. The van der Waals surface area contributed by atoms with Gasteiger partial charge in [0.25, 0.3) is 12.5 Å². The Bertz CT molecular complexity index is 163. The monoisotopic (exact) mass is 170 g/mol. The van der Waals surface area contributed by atoms with Crippen molar-refractivity contribution < 1.29 is 9.53 Å². The van der Waals surface area contributed by atoms with E-state index < -0.39 is 0 Å². The van der Waals surface area contributed by atoms with Crippen molar-refractivity contribution in [1.29, 1.82) is 0 Å². The number of hydrogen-bond acceptors (Lipinski definition) is 2. The van der Waals surface area contributed by atoms with E-state index in [1.807, 2.05) is 6.92 Å². The van der Waals surface area contributed by atoms with Gasteiger partial charge in [-0.3, -0.25) is 4.79 Å². The van der Waals surface area contributed by atoms with Gasteiger partial charge in [-0.05, 0) is 13.3 Å². The molecule has 0 radical (unpaired) electrons. The average molecular weight is 170 g/mol. The molecular formula is C8H14N2O2. The quantitative estimate of drug-likeness (QED) is 0.464. The molecule has 0 aromatic carbocycles. The van der Waals surface area contributed by atoms with Gasteiger partial charge < -0.3 is 14.9 Å². The highest BCUT2D eigenvalue weighted by atomic mass is 16.5. The van der Waals surface area contributed by atoms with E-state index in [0.29, 0.717) is 19.8 Å². The maximum absolute atomic E-state index is 10.7. The Morgan fingerprint density at radius 3 is 3.00 bits per heavy atom. The van der Waals surface area contributed by atoms with Gasteiger partial charge in [0, 0.05) is 19.8 Å². The molecule has 4 heteroatoms. The highest BCUT2D eigenvalue weighted by molar-refractivity contribution is 5.79. The number of carbonyl (C=O) groups is 1. The Morgan fingerprint density at radius 1 is 1.67 bits per heavy atom. The van der Waals surface area contributed by atoms with Crippen LogP contribution in [0.2, 0.25) is 0 Å². The molecular weight excluding hydrogens is 156 g/mol. The summed E-state index contributed by atoms with van der Waals surface area (Å²) in [5, 5.41) is 2.61. The number of hydrogen-bond donors (Lipinski definition) is 1. The number of rotatable bonds is 6. The average Bonchev–Trinajstić information content (AvgIpc) is 2.05. The zero-order chi connectivity index (χ0) is 9.23. The molecule has 0 unspecified atom stereocenters. The third-order valence-corrected chi connectivity index (χ3v) is 1.21. The number of ether oxygens (including phenoxy) is 1. The summed E-state index contributed by atoms with van der Waals surface area (Å²) in [6.07, 6.45) is 0.803. The van der Waals surface area contributed by atoms with Gasteiger partial charge >= 0.3 is 0 Å². The van der Waals surface area contributed by atoms with Crippen LogP contribution in [0.4, 0.5) is 0 Å². The van der Waals surface area contributed by atoms with Crippen molar-refractivity contribution in [3.8, 4) is 0 Å². The molecule has 0 aliphatic rings. The van der Waals surface area contributed by atoms with E-state index in [2.05, 4.69) is 10.2 Å². The fourth-order valence-electron chi connectivity index (χ4n) is 0.674. The van der Waals surface area contributed by atoms with Crippen LogP contribution in [0.15, 0.2) is 0 Å². The predicted octanol–water partition coefficient (Wildman–Crippen LogP) is 0.448. The van der Waals surface area contributed by atoms with Gasteiger partial charge in [0.05, 0.1) is 0 Å². The third kappa shape index (κ3) is 7.03. The summed E-state index contributed by atoms with van der Waals surface area (Å²) in [7, 11) is 0. The van der Waals surface area contributed by atoms with Crippen molar-refractivity contribution in [2.75, 3.05) is 26.3 Å².